The lowest BCUT2D eigenvalue weighted by Gasteiger charge is -2.06. The Morgan fingerprint density at radius 3 is 2.70 bits per heavy atom. The number of nitrogens with one attached hydrogen (secondary N) is 1. The molecule has 3 rings (SSSR count). The molecule has 10 heteroatoms. The maximum atomic E-state index is 12.5. The largest absolute Gasteiger partial charge is 0.462 e. The summed E-state index contributed by atoms with van der Waals surface area (Å²) < 4.78 is 5.63. The summed E-state index contributed by atoms with van der Waals surface area (Å²) in [5, 5.41) is 14.5. The summed E-state index contributed by atoms with van der Waals surface area (Å²) in [6.45, 7) is 1.72. The van der Waals surface area contributed by atoms with Crippen LogP contribution < -0.4 is 5.32 Å². The van der Waals surface area contributed by atoms with Gasteiger partial charge in [-0.3, -0.25) is 20.2 Å². The summed E-state index contributed by atoms with van der Waals surface area (Å²) in [6.07, 6.45) is 0. The van der Waals surface area contributed by atoms with Gasteiger partial charge in [-0.15, -0.1) is 0 Å². The number of fused-ring (bicyclic) bond motifs is 1. The molecule has 0 saturated heterocycles. The van der Waals surface area contributed by atoms with E-state index in [4.69, 9.17) is 16.3 Å². The highest BCUT2D eigenvalue weighted by molar-refractivity contribution is 7.22. The average Bonchev–Trinajstić information content (AvgIpc) is 3.02. The van der Waals surface area contributed by atoms with Crippen molar-refractivity contribution in [1.82, 2.24) is 4.98 Å². The van der Waals surface area contributed by atoms with E-state index in [0.717, 1.165) is 16.8 Å². The fraction of sp³-hybridized carbons (Fsp3) is 0.118. The highest BCUT2D eigenvalue weighted by Crippen LogP contribution is 2.29. The van der Waals surface area contributed by atoms with Gasteiger partial charge in [0.05, 0.1) is 27.3 Å². The minimum absolute atomic E-state index is 0.0514. The van der Waals surface area contributed by atoms with Crippen LogP contribution in [0.3, 0.4) is 0 Å². The van der Waals surface area contributed by atoms with Crippen LogP contribution in [0.4, 0.5) is 10.8 Å². The monoisotopic (exact) mass is 405 g/mol. The molecule has 2 aromatic carbocycles. The highest BCUT2D eigenvalue weighted by Gasteiger charge is 2.19. The summed E-state index contributed by atoms with van der Waals surface area (Å²) >= 11 is 7.14. The van der Waals surface area contributed by atoms with Gasteiger partial charge in [0, 0.05) is 22.7 Å². The number of carbonyl (C=O) groups excluding carboxylic acids is 2. The SMILES string of the molecule is CCOC(=O)c1cc(C(=O)Nc2nc3ccc(Cl)cc3s2)cc([N+](=O)[O-])c1. The number of benzene rings is 2. The van der Waals surface area contributed by atoms with Crippen molar-refractivity contribution in [2.45, 2.75) is 6.92 Å². The zero-order valence-electron chi connectivity index (χ0n) is 13.9. The smallest absolute Gasteiger partial charge is 0.338 e. The molecule has 0 spiro atoms. The molecule has 1 N–H and O–H groups in total. The van der Waals surface area contributed by atoms with Crippen LogP contribution in [0.15, 0.2) is 36.4 Å². The van der Waals surface area contributed by atoms with Crippen molar-refractivity contribution in [2.75, 3.05) is 11.9 Å². The third-order valence-electron chi connectivity index (χ3n) is 3.47. The van der Waals surface area contributed by atoms with E-state index < -0.39 is 16.8 Å². The summed E-state index contributed by atoms with van der Waals surface area (Å²) in [5.74, 6) is -1.38. The van der Waals surface area contributed by atoms with E-state index in [1.165, 1.54) is 17.4 Å². The number of nitrogens with zero attached hydrogens (tertiary/aromatic N) is 2. The first-order valence-electron chi connectivity index (χ1n) is 7.71. The van der Waals surface area contributed by atoms with Crippen molar-refractivity contribution in [3.8, 4) is 0 Å². The molecule has 0 unspecified atom stereocenters. The summed E-state index contributed by atoms with van der Waals surface area (Å²) in [6, 6.07) is 8.51. The van der Waals surface area contributed by atoms with Gasteiger partial charge in [0.1, 0.15) is 0 Å². The highest BCUT2D eigenvalue weighted by atomic mass is 35.5. The second-order valence-corrected chi connectivity index (χ2v) is 6.80. The van der Waals surface area contributed by atoms with Crippen molar-refractivity contribution in [3.63, 3.8) is 0 Å². The van der Waals surface area contributed by atoms with Gasteiger partial charge in [-0.25, -0.2) is 9.78 Å². The summed E-state index contributed by atoms with van der Waals surface area (Å²) in [5.41, 5.74) is 0.143. The lowest BCUT2D eigenvalue weighted by molar-refractivity contribution is -0.384. The number of rotatable bonds is 5. The number of ether oxygens (including phenoxy) is 1. The van der Waals surface area contributed by atoms with Gasteiger partial charge in [-0.05, 0) is 31.2 Å². The van der Waals surface area contributed by atoms with Crippen molar-refractivity contribution < 1.29 is 19.2 Å². The molecule has 27 heavy (non-hydrogen) atoms. The van der Waals surface area contributed by atoms with Crippen LogP contribution >= 0.6 is 22.9 Å². The number of carbonyl (C=O) groups is 2. The molecule has 1 aromatic heterocycles. The van der Waals surface area contributed by atoms with Crippen LogP contribution in [0.1, 0.15) is 27.6 Å². The van der Waals surface area contributed by atoms with Crippen molar-refractivity contribution in [1.29, 1.82) is 0 Å². The van der Waals surface area contributed by atoms with Gasteiger partial charge < -0.3 is 4.74 Å². The van der Waals surface area contributed by atoms with Crippen molar-refractivity contribution >= 4 is 55.8 Å². The second-order valence-electron chi connectivity index (χ2n) is 5.33. The standard InChI is InChI=1S/C17H12ClN3O5S/c1-2-26-16(23)10-5-9(6-12(7-10)21(24)25)15(22)20-17-19-13-4-3-11(18)8-14(13)27-17/h3-8H,2H2,1H3,(H,19,20,22). The van der Waals surface area contributed by atoms with E-state index >= 15 is 0 Å². The average molecular weight is 406 g/mol. The topological polar surface area (TPSA) is 111 Å². The van der Waals surface area contributed by atoms with Gasteiger partial charge in [-0.2, -0.15) is 0 Å². The molecular weight excluding hydrogens is 394 g/mol. The number of thiazole rings is 1. The van der Waals surface area contributed by atoms with Gasteiger partial charge in [-0.1, -0.05) is 22.9 Å². The van der Waals surface area contributed by atoms with E-state index in [1.54, 1.807) is 25.1 Å². The summed E-state index contributed by atoms with van der Waals surface area (Å²) in [7, 11) is 0. The van der Waals surface area contributed by atoms with Crippen molar-refractivity contribution in [2.24, 2.45) is 0 Å². The van der Waals surface area contributed by atoms with Crippen LogP contribution in [0.5, 0.6) is 0 Å². The summed E-state index contributed by atoms with van der Waals surface area (Å²) in [4.78, 5) is 39.1. The van der Waals surface area contributed by atoms with Crippen molar-refractivity contribution in [3.05, 3.63) is 62.7 Å². The number of aromatic nitrogens is 1. The Kier molecular flexibility index (Phi) is 5.33. The number of halogens is 1. The Balaban J connectivity index is 1.92. The maximum absolute atomic E-state index is 12.5. The zero-order valence-corrected chi connectivity index (χ0v) is 15.5. The van der Waals surface area contributed by atoms with Crippen LogP contribution in [0.25, 0.3) is 10.2 Å². The van der Waals surface area contributed by atoms with E-state index in [1.807, 2.05) is 0 Å². The lowest BCUT2D eigenvalue weighted by atomic mass is 10.1. The molecule has 0 bridgehead atoms. The molecule has 0 radical (unpaired) electrons. The maximum Gasteiger partial charge on any atom is 0.338 e. The molecule has 0 atom stereocenters. The number of amides is 1. The number of hydrogen-bond acceptors (Lipinski definition) is 7. The van der Waals surface area contributed by atoms with Crippen LogP contribution in [-0.4, -0.2) is 28.4 Å². The molecule has 3 aromatic rings. The zero-order chi connectivity index (χ0) is 19.6. The van der Waals surface area contributed by atoms with Gasteiger partial charge in [0.2, 0.25) is 0 Å². The molecular formula is C17H12ClN3O5S. The van der Waals surface area contributed by atoms with E-state index in [9.17, 15) is 19.7 Å². The Labute approximate surface area is 161 Å². The predicted molar refractivity (Wildman–Crippen MR) is 102 cm³/mol. The van der Waals surface area contributed by atoms with Gasteiger partial charge >= 0.3 is 5.97 Å². The fourth-order valence-corrected chi connectivity index (χ4v) is 3.44. The second kappa shape index (κ2) is 7.68. The Morgan fingerprint density at radius 1 is 1.26 bits per heavy atom. The number of non-ortho nitro benzene ring substituents is 1. The van der Waals surface area contributed by atoms with Crippen LogP contribution in [-0.2, 0) is 4.74 Å². The first-order chi connectivity index (χ1) is 12.9. The molecule has 0 fully saturated rings. The molecule has 0 aliphatic carbocycles. The number of hydrogen-bond donors (Lipinski definition) is 1. The minimum Gasteiger partial charge on any atom is -0.462 e. The molecule has 0 aliphatic heterocycles. The molecule has 1 amide bonds. The van der Waals surface area contributed by atoms with E-state index in [2.05, 4.69) is 10.3 Å². The van der Waals surface area contributed by atoms with E-state index in [-0.39, 0.29) is 23.4 Å². The quantitative estimate of drug-likeness (QED) is 0.385. The number of nitro benzene ring substituents is 1. The minimum atomic E-state index is -0.745. The van der Waals surface area contributed by atoms with Crippen LogP contribution in [0, 0.1) is 10.1 Å². The third-order valence-corrected chi connectivity index (χ3v) is 4.64. The molecule has 8 nitrogen and oxygen atoms in total. The fourth-order valence-electron chi connectivity index (χ4n) is 2.30. The van der Waals surface area contributed by atoms with E-state index in [0.29, 0.717) is 15.7 Å². The Bertz CT molecular complexity index is 1070. The molecule has 0 saturated carbocycles. The first-order valence-corrected chi connectivity index (χ1v) is 8.91. The van der Waals surface area contributed by atoms with Gasteiger partial charge in [0.25, 0.3) is 11.6 Å². The molecule has 1 heterocycles. The Morgan fingerprint density at radius 2 is 2.00 bits per heavy atom. The van der Waals surface area contributed by atoms with Crippen LogP contribution in [0.2, 0.25) is 5.02 Å². The Hall–Kier alpha value is -3.04. The predicted octanol–water partition coefficient (Wildman–Crippen LogP) is 4.29. The van der Waals surface area contributed by atoms with Gasteiger partial charge in [0.15, 0.2) is 5.13 Å². The number of nitro groups is 1. The first kappa shape index (κ1) is 18.7. The normalized spacial score (nSPS) is 10.6. The lowest BCUT2D eigenvalue weighted by Crippen LogP contribution is -2.14. The number of anilines is 1. The molecule has 0 aliphatic rings. The molecule has 138 valence electrons. The third kappa shape index (κ3) is 4.21. The number of esters is 1.